The van der Waals surface area contributed by atoms with Gasteiger partial charge in [0.2, 0.25) is 5.91 Å². The third kappa shape index (κ3) is 4.30. The van der Waals surface area contributed by atoms with Gasteiger partial charge in [-0.1, -0.05) is 18.2 Å². The van der Waals surface area contributed by atoms with Crippen molar-refractivity contribution in [3.8, 4) is 0 Å². The second-order valence-electron chi connectivity index (χ2n) is 7.92. The predicted molar refractivity (Wildman–Crippen MR) is 120 cm³/mol. The van der Waals surface area contributed by atoms with Crippen LogP contribution < -0.4 is 4.90 Å². The van der Waals surface area contributed by atoms with Crippen LogP contribution in [-0.4, -0.2) is 22.3 Å². The summed E-state index contributed by atoms with van der Waals surface area (Å²) in [6.45, 7) is 7.39. The third-order valence-electron chi connectivity index (χ3n) is 5.78. The van der Waals surface area contributed by atoms with E-state index in [1.54, 1.807) is 11.8 Å². The molecule has 0 saturated carbocycles. The van der Waals surface area contributed by atoms with Gasteiger partial charge in [-0.25, -0.2) is 9.37 Å². The topological polar surface area (TPSA) is 36.4 Å². The lowest BCUT2D eigenvalue weighted by Gasteiger charge is -2.24. The molecule has 4 nitrogen and oxygen atoms in total. The maximum absolute atomic E-state index is 13.3. The quantitative estimate of drug-likeness (QED) is 0.511. The van der Waals surface area contributed by atoms with Crippen LogP contribution in [0.4, 0.5) is 15.2 Å². The summed E-state index contributed by atoms with van der Waals surface area (Å²) in [5, 5.41) is 2.73. The minimum Gasteiger partial charge on any atom is -0.290 e. The van der Waals surface area contributed by atoms with Crippen molar-refractivity contribution in [3.63, 3.8) is 0 Å². The molecule has 1 aliphatic heterocycles. The Balaban J connectivity index is 1.54. The summed E-state index contributed by atoms with van der Waals surface area (Å²) in [6, 6.07) is 13.1. The number of nitrogens with zero attached hydrogens (tertiary/aromatic N) is 3. The molecule has 1 amide bonds. The van der Waals surface area contributed by atoms with E-state index in [4.69, 9.17) is 4.98 Å². The maximum Gasteiger partial charge on any atom is 0.230 e. The molecule has 1 atom stereocenters. The summed E-state index contributed by atoms with van der Waals surface area (Å²) in [6.07, 6.45) is 2.17. The van der Waals surface area contributed by atoms with E-state index in [0.717, 1.165) is 48.4 Å². The van der Waals surface area contributed by atoms with Crippen molar-refractivity contribution in [2.24, 2.45) is 0 Å². The minimum atomic E-state index is -0.205. The molecule has 156 valence electrons. The van der Waals surface area contributed by atoms with Gasteiger partial charge in [-0.2, -0.15) is 0 Å². The fraction of sp³-hybridized carbons (Fsp3) is 0.333. The van der Waals surface area contributed by atoms with Crippen LogP contribution in [0.2, 0.25) is 0 Å². The summed E-state index contributed by atoms with van der Waals surface area (Å²) in [5.41, 5.74) is 5.29. The standard InChI is InChI=1S/C24H26FN3OS/c1-16-6-11-22(13-17(16)2)28(18(3)29)24-26-21(15-30-24)14-27-12-4-5-23(27)19-7-9-20(25)10-8-19/h6-11,13,15,23H,4-5,12,14H2,1-3H3/t23-/m0/s1. The first kappa shape index (κ1) is 20.7. The Kier molecular flexibility index (Phi) is 5.97. The monoisotopic (exact) mass is 423 g/mol. The first-order chi connectivity index (χ1) is 14.4. The van der Waals surface area contributed by atoms with Gasteiger partial charge in [0.1, 0.15) is 5.82 Å². The van der Waals surface area contributed by atoms with Crippen LogP contribution in [0.25, 0.3) is 0 Å². The Morgan fingerprint density at radius 1 is 1.20 bits per heavy atom. The van der Waals surface area contributed by atoms with Gasteiger partial charge < -0.3 is 0 Å². The largest absolute Gasteiger partial charge is 0.290 e. The van der Waals surface area contributed by atoms with Crippen molar-refractivity contribution < 1.29 is 9.18 Å². The van der Waals surface area contributed by atoms with Crippen molar-refractivity contribution in [2.45, 2.75) is 46.2 Å². The molecule has 4 rings (SSSR count). The zero-order valence-corrected chi connectivity index (χ0v) is 18.4. The zero-order chi connectivity index (χ0) is 21.3. The van der Waals surface area contributed by atoms with Gasteiger partial charge in [-0.3, -0.25) is 14.6 Å². The van der Waals surface area contributed by atoms with Gasteiger partial charge >= 0.3 is 0 Å². The highest BCUT2D eigenvalue weighted by Gasteiger charge is 2.27. The van der Waals surface area contributed by atoms with Gasteiger partial charge in [0.05, 0.1) is 11.4 Å². The molecule has 0 N–H and O–H groups in total. The first-order valence-corrected chi connectivity index (χ1v) is 11.1. The molecule has 2 aromatic carbocycles. The van der Waals surface area contributed by atoms with E-state index in [9.17, 15) is 9.18 Å². The van der Waals surface area contributed by atoms with Gasteiger partial charge in [0.25, 0.3) is 0 Å². The molecular weight excluding hydrogens is 397 g/mol. The van der Waals surface area contributed by atoms with E-state index in [1.165, 1.54) is 29.0 Å². The van der Waals surface area contributed by atoms with Crippen LogP contribution in [-0.2, 0) is 11.3 Å². The number of carbonyl (C=O) groups is 1. The molecule has 0 spiro atoms. The van der Waals surface area contributed by atoms with Crippen LogP contribution in [0.5, 0.6) is 0 Å². The lowest BCUT2D eigenvalue weighted by Crippen LogP contribution is -2.24. The second kappa shape index (κ2) is 8.66. The number of benzene rings is 2. The average Bonchev–Trinajstić information content (AvgIpc) is 3.35. The van der Waals surface area contributed by atoms with Crippen molar-refractivity contribution in [3.05, 3.63) is 76.0 Å². The van der Waals surface area contributed by atoms with Crippen LogP contribution >= 0.6 is 11.3 Å². The highest BCUT2D eigenvalue weighted by molar-refractivity contribution is 7.14. The summed E-state index contributed by atoms with van der Waals surface area (Å²) < 4.78 is 13.3. The van der Waals surface area contributed by atoms with Gasteiger partial charge in [0.15, 0.2) is 5.13 Å². The number of amides is 1. The molecule has 1 aromatic heterocycles. The lowest BCUT2D eigenvalue weighted by atomic mass is 10.0. The van der Waals surface area contributed by atoms with E-state index in [2.05, 4.69) is 11.8 Å². The van der Waals surface area contributed by atoms with E-state index in [1.807, 2.05) is 42.6 Å². The van der Waals surface area contributed by atoms with Gasteiger partial charge in [0, 0.05) is 24.9 Å². The summed E-state index contributed by atoms with van der Waals surface area (Å²) in [7, 11) is 0. The molecule has 30 heavy (non-hydrogen) atoms. The number of carbonyl (C=O) groups excluding carboxylic acids is 1. The first-order valence-electron chi connectivity index (χ1n) is 10.2. The summed E-state index contributed by atoms with van der Waals surface area (Å²) in [4.78, 5) is 21.3. The van der Waals surface area contributed by atoms with Crippen LogP contribution in [0.3, 0.4) is 0 Å². The smallest absolute Gasteiger partial charge is 0.230 e. The van der Waals surface area contributed by atoms with Gasteiger partial charge in [-0.15, -0.1) is 11.3 Å². The van der Waals surface area contributed by atoms with Gasteiger partial charge in [-0.05, 0) is 74.2 Å². The SMILES string of the molecule is CC(=O)N(c1ccc(C)c(C)c1)c1nc(CN2CCC[C@H]2c2ccc(F)cc2)cs1. The van der Waals surface area contributed by atoms with Crippen molar-refractivity contribution in [1.29, 1.82) is 0 Å². The Morgan fingerprint density at radius 3 is 2.67 bits per heavy atom. The van der Waals surface area contributed by atoms with E-state index in [-0.39, 0.29) is 17.8 Å². The maximum atomic E-state index is 13.3. The number of hydrogen-bond donors (Lipinski definition) is 0. The molecule has 1 aliphatic rings. The van der Waals surface area contributed by atoms with E-state index < -0.39 is 0 Å². The fourth-order valence-corrected chi connectivity index (χ4v) is 4.93. The van der Waals surface area contributed by atoms with Crippen molar-refractivity contribution >= 4 is 28.1 Å². The molecule has 0 unspecified atom stereocenters. The number of hydrogen-bond acceptors (Lipinski definition) is 4. The van der Waals surface area contributed by atoms with E-state index >= 15 is 0 Å². The highest BCUT2D eigenvalue weighted by atomic mass is 32.1. The number of rotatable bonds is 5. The number of halogens is 1. The van der Waals surface area contributed by atoms with Crippen molar-refractivity contribution in [2.75, 3.05) is 11.4 Å². The fourth-order valence-electron chi connectivity index (χ4n) is 4.05. The number of aromatic nitrogens is 1. The molecule has 1 saturated heterocycles. The summed E-state index contributed by atoms with van der Waals surface area (Å²) in [5.74, 6) is -0.257. The second-order valence-corrected chi connectivity index (χ2v) is 8.76. The summed E-state index contributed by atoms with van der Waals surface area (Å²) >= 11 is 1.49. The normalized spacial score (nSPS) is 16.7. The number of anilines is 2. The molecule has 0 radical (unpaired) electrons. The van der Waals surface area contributed by atoms with Crippen LogP contribution in [0.1, 0.15) is 48.2 Å². The number of aryl methyl sites for hydroxylation is 2. The average molecular weight is 424 g/mol. The van der Waals surface area contributed by atoms with E-state index in [0.29, 0.717) is 5.13 Å². The molecule has 1 fully saturated rings. The molecule has 0 bridgehead atoms. The van der Waals surface area contributed by atoms with Crippen LogP contribution in [0, 0.1) is 19.7 Å². The Morgan fingerprint density at radius 2 is 1.97 bits per heavy atom. The van der Waals surface area contributed by atoms with Crippen molar-refractivity contribution in [1.82, 2.24) is 9.88 Å². The molecular formula is C24H26FN3OS. The Labute approximate surface area is 181 Å². The highest BCUT2D eigenvalue weighted by Crippen LogP contribution is 2.35. The molecule has 0 aliphatic carbocycles. The van der Waals surface area contributed by atoms with Crippen LogP contribution in [0.15, 0.2) is 47.8 Å². The Bertz CT molecular complexity index is 1050. The lowest BCUT2D eigenvalue weighted by molar-refractivity contribution is -0.115. The predicted octanol–water partition coefficient (Wildman–Crippen LogP) is 5.92. The Hall–Kier alpha value is -2.57. The zero-order valence-electron chi connectivity index (χ0n) is 17.6. The molecule has 3 aromatic rings. The number of likely N-dealkylation sites (tertiary alicyclic amines) is 1. The third-order valence-corrected chi connectivity index (χ3v) is 6.65. The molecule has 2 heterocycles. The molecule has 6 heteroatoms. The number of thiazole rings is 1. The minimum absolute atomic E-state index is 0.0514.